The van der Waals surface area contributed by atoms with Crippen molar-refractivity contribution in [1.82, 2.24) is 0 Å². The lowest BCUT2D eigenvalue weighted by Crippen LogP contribution is -2.33. The van der Waals surface area contributed by atoms with Gasteiger partial charge in [-0.2, -0.15) is 0 Å². The predicted molar refractivity (Wildman–Crippen MR) is 43.4 cm³/mol. The molecule has 0 bridgehead atoms. The third kappa shape index (κ3) is 1.62. The van der Waals surface area contributed by atoms with E-state index in [1.165, 1.54) is 6.26 Å². The van der Waals surface area contributed by atoms with Crippen molar-refractivity contribution in [3.63, 3.8) is 0 Å². The van der Waals surface area contributed by atoms with Gasteiger partial charge < -0.3 is 9.47 Å². The highest BCUT2D eigenvalue weighted by Crippen LogP contribution is 2.23. The number of halogens is 1. The summed E-state index contributed by atoms with van der Waals surface area (Å²) in [6.07, 6.45) is 1.41. The number of cyclic esters (lactones) is 1. The van der Waals surface area contributed by atoms with Gasteiger partial charge in [-0.25, -0.2) is 4.79 Å². The zero-order valence-electron chi connectivity index (χ0n) is 5.68. The summed E-state index contributed by atoms with van der Waals surface area (Å²) in [5.41, 5.74) is 0. The summed E-state index contributed by atoms with van der Waals surface area (Å²) >= 11 is 1.86. The third-order valence-corrected chi connectivity index (χ3v) is 1.67. The number of hydrogen-bond donors (Lipinski definition) is 0. The Morgan fingerprint density at radius 3 is 2.60 bits per heavy atom. The summed E-state index contributed by atoms with van der Waals surface area (Å²) in [7, 11) is 0. The molecular weight excluding hydrogens is 247 g/mol. The molecular formula is C6H7IO3. The van der Waals surface area contributed by atoms with E-state index in [0.29, 0.717) is 3.58 Å². The quantitative estimate of drug-likeness (QED) is 0.486. The minimum atomic E-state index is -0.800. The van der Waals surface area contributed by atoms with Gasteiger partial charge in [0.2, 0.25) is 5.79 Å². The molecule has 0 aliphatic carbocycles. The van der Waals surface area contributed by atoms with Crippen molar-refractivity contribution in [3.05, 3.63) is 9.84 Å². The highest BCUT2D eigenvalue weighted by molar-refractivity contribution is 14.1. The molecule has 0 unspecified atom stereocenters. The van der Waals surface area contributed by atoms with E-state index in [4.69, 9.17) is 9.47 Å². The molecule has 0 radical (unpaired) electrons. The molecule has 10 heavy (non-hydrogen) atoms. The van der Waals surface area contributed by atoms with E-state index in [9.17, 15) is 4.79 Å². The van der Waals surface area contributed by atoms with Crippen molar-refractivity contribution in [3.8, 4) is 0 Å². The van der Waals surface area contributed by atoms with Crippen LogP contribution in [0, 0.1) is 0 Å². The number of ether oxygens (including phenoxy) is 2. The molecule has 0 atom stereocenters. The van der Waals surface area contributed by atoms with Gasteiger partial charge in [-0.05, 0) is 22.6 Å². The van der Waals surface area contributed by atoms with Crippen LogP contribution in [0.3, 0.4) is 0 Å². The van der Waals surface area contributed by atoms with Crippen molar-refractivity contribution in [2.24, 2.45) is 0 Å². The van der Waals surface area contributed by atoms with E-state index in [1.807, 2.05) is 22.6 Å². The maximum atomic E-state index is 10.8. The molecule has 4 heteroatoms. The van der Waals surface area contributed by atoms with Crippen LogP contribution in [0.2, 0.25) is 0 Å². The number of carbonyl (C=O) groups is 1. The minimum absolute atomic E-state index is 0.322. The van der Waals surface area contributed by atoms with Gasteiger partial charge >= 0.3 is 5.97 Å². The number of carbonyl (C=O) groups excluding carboxylic acids is 1. The Morgan fingerprint density at radius 1 is 1.60 bits per heavy atom. The predicted octanol–water partition coefficient (Wildman–Crippen LogP) is 1.57. The summed E-state index contributed by atoms with van der Waals surface area (Å²) < 4.78 is 10.4. The van der Waals surface area contributed by atoms with Gasteiger partial charge in [-0.1, -0.05) is 0 Å². The zero-order chi connectivity index (χ0) is 7.78. The van der Waals surface area contributed by atoms with E-state index >= 15 is 0 Å². The minimum Gasteiger partial charge on any atom is -0.459 e. The lowest BCUT2D eigenvalue weighted by molar-refractivity contribution is -0.199. The smallest absolute Gasteiger partial charge is 0.350 e. The molecule has 0 fully saturated rings. The maximum absolute atomic E-state index is 10.8. The Labute approximate surface area is 72.5 Å². The molecule has 56 valence electrons. The highest BCUT2D eigenvalue weighted by Gasteiger charge is 2.29. The van der Waals surface area contributed by atoms with Crippen molar-refractivity contribution in [2.75, 3.05) is 0 Å². The molecule has 0 saturated heterocycles. The van der Waals surface area contributed by atoms with E-state index in [1.54, 1.807) is 13.8 Å². The molecule has 0 aromatic rings. The molecule has 1 heterocycles. The Morgan fingerprint density at radius 2 is 2.20 bits per heavy atom. The van der Waals surface area contributed by atoms with Crippen LogP contribution < -0.4 is 0 Å². The number of hydrogen-bond acceptors (Lipinski definition) is 3. The van der Waals surface area contributed by atoms with E-state index in [-0.39, 0.29) is 5.97 Å². The molecule has 1 aliphatic heterocycles. The highest BCUT2D eigenvalue weighted by atomic mass is 127. The van der Waals surface area contributed by atoms with Crippen LogP contribution in [0.25, 0.3) is 0 Å². The Hall–Kier alpha value is -0.260. The van der Waals surface area contributed by atoms with Gasteiger partial charge in [0, 0.05) is 13.8 Å². The largest absolute Gasteiger partial charge is 0.459 e. The summed E-state index contributed by atoms with van der Waals surface area (Å²) in [5, 5.41) is 0. The first-order valence-corrected chi connectivity index (χ1v) is 3.86. The maximum Gasteiger partial charge on any atom is 0.350 e. The average Bonchev–Trinajstić information content (AvgIpc) is 1.79. The van der Waals surface area contributed by atoms with Crippen molar-refractivity contribution >= 4 is 28.6 Å². The first kappa shape index (κ1) is 7.84. The molecule has 0 saturated carbocycles. The zero-order valence-corrected chi connectivity index (χ0v) is 7.84. The summed E-state index contributed by atoms with van der Waals surface area (Å²) in [5.74, 6) is -1.12. The first-order valence-electron chi connectivity index (χ1n) is 2.78. The summed E-state index contributed by atoms with van der Waals surface area (Å²) in [6, 6.07) is 0. The topological polar surface area (TPSA) is 35.5 Å². The van der Waals surface area contributed by atoms with Crippen LogP contribution in [0.5, 0.6) is 0 Å². The fourth-order valence-corrected chi connectivity index (χ4v) is 0.775. The second kappa shape index (κ2) is 2.41. The summed E-state index contributed by atoms with van der Waals surface area (Å²) in [4.78, 5) is 10.8. The van der Waals surface area contributed by atoms with E-state index in [2.05, 4.69) is 0 Å². The lowest BCUT2D eigenvalue weighted by Gasteiger charge is -2.27. The molecule has 0 aromatic heterocycles. The van der Waals surface area contributed by atoms with E-state index in [0.717, 1.165) is 0 Å². The molecule has 0 N–H and O–H groups in total. The van der Waals surface area contributed by atoms with Crippen LogP contribution in [-0.4, -0.2) is 11.8 Å². The van der Waals surface area contributed by atoms with Gasteiger partial charge in [0.25, 0.3) is 0 Å². The number of rotatable bonds is 0. The van der Waals surface area contributed by atoms with Crippen molar-refractivity contribution in [2.45, 2.75) is 19.6 Å². The standard InChI is InChI=1S/C6H7IO3/c1-6(2)9-3-4(7)5(8)10-6/h3H,1-2H3. The number of esters is 1. The second-order valence-corrected chi connectivity index (χ2v) is 3.54. The molecule has 1 aliphatic rings. The molecule has 1 rings (SSSR count). The summed E-state index contributed by atoms with van der Waals surface area (Å²) in [6.45, 7) is 3.37. The van der Waals surface area contributed by atoms with Crippen LogP contribution in [0.4, 0.5) is 0 Å². The van der Waals surface area contributed by atoms with Crippen LogP contribution >= 0.6 is 22.6 Å². The van der Waals surface area contributed by atoms with E-state index < -0.39 is 5.79 Å². The van der Waals surface area contributed by atoms with Crippen LogP contribution in [-0.2, 0) is 14.3 Å². The first-order chi connectivity index (χ1) is 4.51. The van der Waals surface area contributed by atoms with Gasteiger partial charge in [0.15, 0.2) is 0 Å². The lowest BCUT2D eigenvalue weighted by atomic mass is 10.3. The molecule has 0 aromatic carbocycles. The molecule has 0 amide bonds. The Kier molecular flexibility index (Phi) is 1.89. The second-order valence-electron chi connectivity index (χ2n) is 2.37. The van der Waals surface area contributed by atoms with Gasteiger partial charge in [0.05, 0.1) is 0 Å². The monoisotopic (exact) mass is 254 g/mol. The normalized spacial score (nSPS) is 22.7. The SMILES string of the molecule is CC1(C)OC=C(I)C(=O)O1. The fraction of sp³-hybridized carbons (Fsp3) is 0.500. The Balaban J connectivity index is 2.79. The molecule has 0 spiro atoms. The third-order valence-electron chi connectivity index (χ3n) is 0.980. The van der Waals surface area contributed by atoms with Crippen LogP contribution in [0.1, 0.15) is 13.8 Å². The van der Waals surface area contributed by atoms with Gasteiger partial charge in [-0.3, -0.25) is 0 Å². The van der Waals surface area contributed by atoms with Crippen LogP contribution in [0.15, 0.2) is 9.84 Å². The molecule has 3 nitrogen and oxygen atoms in total. The van der Waals surface area contributed by atoms with Crippen molar-refractivity contribution in [1.29, 1.82) is 0 Å². The van der Waals surface area contributed by atoms with Gasteiger partial charge in [-0.15, -0.1) is 0 Å². The van der Waals surface area contributed by atoms with Crippen molar-refractivity contribution < 1.29 is 14.3 Å². The van der Waals surface area contributed by atoms with Gasteiger partial charge in [0.1, 0.15) is 9.84 Å². The average molecular weight is 254 g/mol. The fourth-order valence-electron chi connectivity index (χ4n) is 0.538. The Bertz CT molecular complexity index is 195.